The fourth-order valence-corrected chi connectivity index (χ4v) is 2.54. The molecule has 22 heavy (non-hydrogen) atoms. The van der Waals surface area contributed by atoms with Crippen molar-refractivity contribution in [2.45, 2.75) is 25.4 Å². The van der Waals surface area contributed by atoms with Crippen molar-refractivity contribution in [2.24, 2.45) is 0 Å². The normalized spacial score (nSPS) is 15.5. The van der Waals surface area contributed by atoms with Crippen LogP contribution in [0.3, 0.4) is 0 Å². The molecule has 1 aliphatic rings. The number of carbonyl (C=O) groups is 1. The van der Waals surface area contributed by atoms with E-state index in [4.69, 9.17) is 9.47 Å². The Bertz CT molecular complexity index is 478. The maximum absolute atomic E-state index is 13.9. The minimum absolute atomic E-state index is 0.0656. The third-order valence-electron chi connectivity index (χ3n) is 3.77. The van der Waals surface area contributed by atoms with Crippen molar-refractivity contribution in [3.05, 3.63) is 35.6 Å². The predicted octanol–water partition coefficient (Wildman–Crippen LogP) is 2.16. The van der Waals surface area contributed by atoms with Gasteiger partial charge in [-0.15, -0.1) is 0 Å². The molecule has 1 aliphatic heterocycles. The number of hydrogen-bond acceptors (Lipinski definition) is 3. The second-order valence-corrected chi connectivity index (χ2v) is 5.29. The maximum Gasteiger partial charge on any atom is 0.318 e. The average molecular weight is 310 g/mol. The van der Waals surface area contributed by atoms with Gasteiger partial charge in [0.15, 0.2) is 0 Å². The number of carbonyl (C=O) groups excluding carboxylic acids is 1. The fraction of sp³-hybridized carbons (Fsp3) is 0.562. The Hall–Kier alpha value is -1.66. The van der Waals surface area contributed by atoms with Gasteiger partial charge in [0.05, 0.1) is 13.2 Å². The molecule has 2 rings (SSSR count). The Morgan fingerprint density at radius 3 is 2.82 bits per heavy atom. The van der Waals surface area contributed by atoms with Crippen molar-refractivity contribution in [3.63, 3.8) is 0 Å². The lowest BCUT2D eigenvalue weighted by atomic mass is 10.1. The number of nitrogens with zero attached hydrogens (tertiary/aromatic N) is 1. The second kappa shape index (κ2) is 8.70. The van der Waals surface area contributed by atoms with Crippen LogP contribution in [0.15, 0.2) is 24.3 Å². The first kappa shape index (κ1) is 16.7. The van der Waals surface area contributed by atoms with Crippen molar-refractivity contribution < 1.29 is 18.7 Å². The SMILES string of the molecule is COCCNC(=O)N(Cc1ccccc1F)C1CCOCC1. The van der Waals surface area contributed by atoms with Gasteiger partial charge in [-0.25, -0.2) is 9.18 Å². The number of hydrogen-bond donors (Lipinski definition) is 1. The minimum atomic E-state index is -0.288. The molecule has 122 valence electrons. The van der Waals surface area contributed by atoms with Crippen LogP contribution in [-0.2, 0) is 16.0 Å². The lowest BCUT2D eigenvalue weighted by Crippen LogP contribution is -2.48. The van der Waals surface area contributed by atoms with Crippen molar-refractivity contribution in [1.29, 1.82) is 0 Å². The summed E-state index contributed by atoms with van der Waals surface area (Å²) < 4.78 is 24.2. The Morgan fingerprint density at radius 2 is 2.14 bits per heavy atom. The van der Waals surface area contributed by atoms with Gasteiger partial charge in [-0.3, -0.25) is 0 Å². The van der Waals surface area contributed by atoms with Crippen LogP contribution in [0.2, 0.25) is 0 Å². The summed E-state index contributed by atoms with van der Waals surface area (Å²) in [6, 6.07) is 6.44. The van der Waals surface area contributed by atoms with E-state index in [-0.39, 0.29) is 24.4 Å². The summed E-state index contributed by atoms with van der Waals surface area (Å²) in [6.45, 7) is 2.41. The lowest BCUT2D eigenvalue weighted by molar-refractivity contribution is 0.0431. The van der Waals surface area contributed by atoms with Crippen LogP contribution in [0.5, 0.6) is 0 Å². The van der Waals surface area contributed by atoms with E-state index in [9.17, 15) is 9.18 Å². The number of nitrogens with one attached hydrogen (secondary N) is 1. The number of halogens is 1. The van der Waals surface area contributed by atoms with Crippen molar-refractivity contribution in [2.75, 3.05) is 33.5 Å². The van der Waals surface area contributed by atoms with E-state index in [2.05, 4.69) is 5.32 Å². The molecule has 0 spiro atoms. The number of methoxy groups -OCH3 is 1. The zero-order valence-electron chi connectivity index (χ0n) is 12.9. The van der Waals surface area contributed by atoms with Gasteiger partial charge < -0.3 is 19.7 Å². The van der Waals surface area contributed by atoms with Gasteiger partial charge in [0, 0.05) is 38.5 Å². The molecule has 6 heteroatoms. The zero-order valence-corrected chi connectivity index (χ0v) is 12.9. The summed E-state index contributed by atoms with van der Waals surface area (Å²) in [6.07, 6.45) is 1.54. The van der Waals surface area contributed by atoms with Crippen LogP contribution in [0.1, 0.15) is 18.4 Å². The second-order valence-electron chi connectivity index (χ2n) is 5.29. The molecule has 2 amide bonds. The highest BCUT2D eigenvalue weighted by Gasteiger charge is 2.26. The number of benzene rings is 1. The minimum Gasteiger partial charge on any atom is -0.383 e. The van der Waals surface area contributed by atoms with E-state index in [0.29, 0.717) is 31.9 Å². The lowest BCUT2D eigenvalue weighted by Gasteiger charge is -2.34. The van der Waals surface area contributed by atoms with Gasteiger partial charge >= 0.3 is 6.03 Å². The van der Waals surface area contributed by atoms with Gasteiger partial charge in [-0.1, -0.05) is 18.2 Å². The molecule has 0 aliphatic carbocycles. The number of amides is 2. The van der Waals surface area contributed by atoms with Crippen molar-refractivity contribution in [3.8, 4) is 0 Å². The molecule has 1 fully saturated rings. The van der Waals surface area contributed by atoms with Crippen molar-refractivity contribution >= 4 is 6.03 Å². The molecule has 1 heterocycles. The standard InChI is InChI=1S/C16H23FN2O3/c1-21-11-8-18-16(20)19(14-6-9-22-10-7-14)12-13-4-2-3-5-15(13)17/h2-5,14H,6-12H2,1H3,(H,18,20). The largest absolute Gasteiger partial charge is 0.383 e. The number of urea groups is 1. The summed E-state index contributed by atoms with van der Waals surface area (Å²) in [4.78, 5) is 14.1. The molecule has 1 aromatic carbocycles. The molecule has 1 N–H and O–H groups in total. The highest BCUT2D eigenvalue weighted by Crippen LogP contribution is 2.19. The van der Waals surface area contributed by atoms with Crippen LogP contribution in [0.25, 0.3) is 0 Å². The topological polar surface area (TPSA) is 50.8 Å². The Morgan fingerprint density at radius 1 is 1.41 bits per heavy atom. The highest BCUT2D eigenvalue weighted by molar-refractivity contribution is 5.74. The van der Waals surface area contributed by atoms with Crippen molar-refractivity contribution in [1.82, 2.24) is 10.2 Å². The Labute approximate surface area is 130 Å². The summed E-state index contributed by atoms with van der Waals surface area (Å²) >= 11 is 0. The molecule has 0 atom stereocenters. The quantitative estimate of drug-likeness (QED) is 0.819. The maximum atomic E-state index is 13.9. The predicted molar refractivity (Wildman–Crippen MR) is 81.1 cm³/mol. The van der Waals surface area contributed by atoms with Gasteiger partial charge in [-0.05, 0) is 18.9 Å². The van der Waals surface area contributed by atoms with Gasteiger partial charge in [0.2, 0.25) is 0 Å². The number of rotatable bonds is 6. The van der Waals surface area contributed by atoms with Crippen LogP contribution in [-0.4, -0.2) is 50.4 Å². The Kier molecular flexibility index (Phi) is 6.61. The molecule has 0 bridgehead atoms. The summed E-state index contributed by atoms with van der Waals surface area (Å²) in [5, 5.41) is 2.82. The first-order valence-electron chi connectivity index (χ1n) is 7.57. The third-order valence-corrected chi connectivity index (χ3v) is 3.77. The van der Waals surface area contributed by atoms with Crippen LogP contribution in [0, 0.1) is 5.82 Å². The monoisotopic (exact) mass is 310 g/mol. The summed E-state index contributed by atoms with van der Waals surface area (Å²) in [5.41, 5.74) is 0.524. The van der Waals surface area contributed by atoms with E-state index in [0.717, 1.165) is 12.8 Å². The first-order chi connectivity index (χ1) is 10.7. The van der Waals surface area contributed by atoms with E-state index >= 15 is 0 Å². The molecular weight excluding hydrogens is 287 g/mol. The molecular formula is C16H23FN2O3. The average Bonchev–Trinajstić information content (AvgIpc) is 2.55. The molecule has 0 aromatic heterocycles. The van der Waals surface area contributed by atoms with Crippen LogP contribution >= 0.6 is 0 Å². The van der Waals surface area contributed by atoms with Crippen LogP contribution in [0.4, 0.5) is 9.18 Å². The molecule has 0 saturated carbocycles. The molecule has 1 aromatic rings. The summed E-state index contributed by atoms with van der Waals surface area (Å²) in [5.74, 6) is -0.288. The zero-order chi connectivity index (χ0) is 15.8. The van der Waals surface area contributed by atoms with E-state index < -0.39 is 0 Å². The first-order valence-corrected chi connectivity index (χ1v) is 7.57. The van der Waals surface area contributed by atoms with Gasteiger partial charge in [0.1, 0.15) is 5.82 Å². The smallest absolute Gasteiger partial charge is 0.318 e. The third kappa shape index (κ3) is 4.68. The Balaban J connectivity index is 2.06. The molecule has 5 nitrogen and oxygen atoms in total. The van der Waals surface area contributed by atoms with E-state index in [1.54, 1.807) is 30.2 Å². The fourth-order valence-electron chi connectivity index (χ4n) is 2.54. The van der Waals surface area contributed by atoms with Gasteiger partial charge in [0.25, 0.3) is 0 Å². The number of ether oxygens (including phenoxy) is 2. The van der Waals surface area contributed by atoms with Crippen LogP contribution < -0.4 is 5.32 Å². The molecule has 1 saturated heterocycles. The van der Waals surface area contributed by atoms with E-state index in [1.807, 2.05) is 0 Å². The van der Waals surface area contributed by atoms with E-state index in [1.165, 1.54) is 6.07 Å². The van der Waals surface area contributed by atoms with Gasteiger partial charge in [-0.2, -0.15) is 0 Å². The molecule has 0 radical (unpaired) electrons. The highest BCUT2D eigenvalue weighted by atomic mass is 19.1. The summed E-state index contributed by atoms with van der Waals surface area (Å²) in [7, 11) is 1.59. The molecule has 0 unspecified atom stereocenters.